The molecule has 0 aromatic heterocycles. The zero-order valence-corrected chi connectivity index (χ0v) is 19.1. The third-order valence-electron chi connectivity index (χ3n) is 5.93. The quantitative estimate of drug-likeness (QED) is 0.694. The van der Waals surface area contributed by atoms with Crippen molar-refractivity contribution in [3.05, 3.63) is 65.2 Å². The second kappa shape index (κ2) is 9.28. The lowest BCUT2D eigenvalue weighted by Gasteiger charge is -2.40. The molecule has 6 nitrogen and oxygen atoms in total. The van der Waals surface area contributed by atoms with Crippen LogP contribution < -0.4 is 0 Å². The lowest BCUT2D eigenvalue weighted by Crippen LogP contribution is -2.51. The van der Waals surface area contributed by atoms with Crippen molar-refractivity contribution in [2.45, 2.75) is 36.9 Å². The van der Waals surface area contributed by atoms with Gasteiger partial charge in [-0.15, -0.1) is 0 Å². The molecule has 1 amide bonds. The zero-order chi connectivity index (χ0) is 22.0. The van der Waals surface area contributed by atoms with E-state index in [4.69, 9.17) is 16.3 Å². The third-order valence-corrected chi connectivity index (χ3v) is 8.06. The molecule has 2 saturated heterocycles. The maximum Gasteiger partial charge on any atom is 0.243 e. The molecule has 166 valence electrons. The molecule has 0 N–H and O–H groups in total. The Labute approximate surface area is 188 Å². The SMILES string of the molecule is CC1CN(C(=O)C2CCCN(S(=O)(=O)c3ccc(Cl)cc3)C2)CC(c2ccccc2)O1. The molecule has 3 atom stereocenters. The van der Waals surface area contributed by atoms with E-state index < -0.39 is 10.0 Å². The van der Waals surface area contributed by atoms with Crippen LogP contribution in [0.2, 0.25) is 5.02 Å². The summed E-state index contributed by atoms with van der Waals surface area (Å²) in [7, 11) is -3.66. The number of benzene rings is 2. The van der Waals surface area contributed by atoms with Crippen molar-refractivity contribution in [1.29, 1.82) is 0 Å². The van der Waals surface area contributed by atoms with Gasteiger partial charge in [0.05, 0.1) is 23.5 Å². The number of carbonyl (C=O) groups is 1. The molecule has 31 heavy (non-hydrogen) atoms. The van der Waals surface area contributed by atoms with Crippen molar-refractivity contribution in [1.82, 2.24) is 9.21 Å². The highest BCUT2D eigenvalue weighted by atomic mass is 35.5. The molecule has 2 aliphatic rings. The van der Waals surface area contributed by atoms with E-state index in [1.807, 2.05) is 42.2 Å². The predicted octanol–water partition coefficient (Wildman–Crippen LogP) is 3.73. The molecule has 3 unspecified atom stereocenters. The highest BCUT2D eigenvalue weighted by Crippen LogP contribution is 2.29. The molecular weight excluding hydrogens is 436 g/mol. The summed E-state index contributed by atoms with van der Waals surface area (Å²) in [6, 6.07) is 16.1. The van der Waals surface area contributed by atoms with E-state index >= 15 is 0 Å². The van der Waals surface area contributed by atoms with Crippen LogP contribution in [0.1, 0.15) is 31.4 Å². The molecule has 2 heterocycles. The van der Waals surface area contributed by atoms with E-state index in [-0.39, 0.29) is 35.5 Å². The van der Waals surface area contributed by atoms with Crippen LogP contribution in [-0.2, 0) is 19.6 Å². The van der Waals surface area contributed by atoms with Crippen LogP contribution in [0.15, 0.2) is 59.5 Å². The van der Waals surface area contributed by atoms with Gasteiger partial charge in [-0.05, 0) is 49.6 Å². The summed E-state index contributed by atoms with van der Waals surface area (Å²) in [4.78, 5) is 15.4. The number of piperidine rings is 1. The first-order valence-corrected chi connectivity index (χ1v) is 12.4. The molecule has 2 aromatic carbocycles. The number of carbonyl (C=O) groups excluding carboxylic acids is 1. The molecule has 4 rings (SSSR count). The minimum atomic E-state index is -3.66. The second-order valence-electron chi connectivity index (χ2n) is 8.25. The van der Waals surface area contributed by atoms with Gasteiger partial charge in [0, 0.05) is 24.7 Å². The Hall–Kier alpha value is -1.93. The summed E-state index contributed by atoms with van der Waals surface area (Å²) in [5.74, 6) is -0.343. The van der Waals surface area contributed by atoms with Gasteiger partial charge in [-0.3, -0.25) is 4.79 Å². The van der Waals surface area contributed by atoms with Crippen molar-refractivity contribution >= 4 is 27.5 Å². The number of halogens is 1. The summed E-state index contributed by atoms with van der Waals surface area (Å²) in [6.45, 7) is 3.58. The van der Waals surface area contributed by atoms with E-state index in [1.54, 1.807) is 12.1 Å². The Morgan fingerprint density at radius 1 is 1.03 bits per heavy atom. The molecule has 2 aromatic rings. The van der Waals surface area contributed by atoms with Gasteiger partial charge < -0.3 is 9.64 Å². The molecule has 0 spiro atoms. The average Bonchev–Trinajstić information content (AvgIpc) is 2.79. The van der Waals surface area contributed by atoms with Crippen LogP contribution in [0.25, 0.3) is 0 Å². The fraction of sp³-hybridized carbons (Fsp3) is 0.435. The normalized spacial score (nSPS) is 25.4. The maximum atomic E-state index is 13.4. The minimum Gasteiger partial charge on any atom is -0.367 e. The number of hydrogen-bond donors (Lipinski definition) is 0. The Morgan fingerprint density at radius 2 is 1.74 bits per heavy atom. The monoisotopic (exact) mass is 462 g/mol. The highest BCUT2D eigenvalue weighted by Gasteiger charge is 2.37. The van der Waals surface area contributed by atoms with Crippen molar-refractivity contribution in [2.75, 3.05) is 26.2 Å². The number of morpholine rings is 1. The lowest BCUT2D eigenvalue weighted by molar-refractivity contribution is -0.150. The summed E-state index contributed by atoms with van der Waals surface area (Å²) in [5, 5.41) is 0.486. The number of amides is 1. The third kappa shape index (κ3) is 4.95. The largest absolute Gasteiger partial charge is 0.367 e. The summed E-state index contributed by atoms with van der Waals surface area (Å²) in [5.41, 5.74) is 1.04. The van der Waals surface area contributed by atoms with Crippen LogP contribution in [0, 0.1) is 5.92 Å². The fourth-order valence-corrected chi connectivity index (χ4v) is 6.01. The van der Waals surface area contributed by atoms with E-state index in [1.165, 1.54) is 16.4 Å². The van der Waals surface area contributed by atoms with E-state index in [0.29, 0.717) is 37.5 Å². The summed E-state index contributed by atoms with van der Waals surface area (Å²) in [6.07, 6.45) is 1.09. The van der Waals surface area contributed by atoms with Crippen LogP contribution >= 0.6 is 11.6 Å². The topological polar surface area (TPSA) is 66.9 Å². The first-order valence-electron chi connectivity index (χ1n) is 10.6. The van der Waals surface area contributed by atoms with Gasteiger partial charge in [0.1, 0.15) is 6.10 Å². The Kier molecular flexibility index (Phi) is 6.67. The second-order valence-corrected chi connectivity index (χ2v) is 10.6. The Morgan fingerprint density at radius 3 is 2.45 bits per heavy atom. The number of rotatable bonds is 4. The molecule has 2 fully saturated rings. The average molecular weight is 463 g/mol. The zero-order valence-electron chi connectivity index (χ0n) is 17.5. The van der Waals surface area contributed by atoms with Crippen LogP contribution in [-0.4, -0.2) is 55.8 Å². The van der Waals surface area contributed by atoms with Crippen molar-refractivity contribution in [3.63, 3.8) is 0 Å². The van der Waals surface area contributed by atoms with Gasteiger partial charge in [-0.2, -0.15) is 4.31 Å². The summed E-state index contributed by atoms with van der Waals surface area (Å²) >= 11 is 5.90. The molecule has 8 heteroatoms. The van der Waals surface area contributed by atoms with E-state index in [9.17, 15) is 13.2 Å². The standard InChI is InChI=1S/C23H27ClN2O4S/c1-17-14-25(16-22(30-17)18-6-3-2-4-7-18)23(27)19-8-5-13-26(15-19)31(28,29)21-11-9-20(24)10-12-21/h2-4,6-7,9-12,17,19,22H,5,8,13-16H2,1H3. The molecule has 0 aliphatic carbocycles. The van der Waals surface area contributed by atoms with Crippen molar-refractivity contribution < 1.29 is 17.9 Å². The van der Waals surface area contributed by atoms with Gasteiger partial charge in [-0.1, -0.05) is 41.9 Å². The summed E-state index contributed by atoms with van der Waals surface area (Å²) < 4.78 is 33.6. The first kappa shape index (κ1) is 22.3. The fourth-order valence-electron chi connectivity index (χ4n) is 4.36. The van der Waals surface area contributed by atoms with Gasteiger partial charge in [0.2, 0.25) is 15.9 Å². The van der Waals surface area contributed by atoms with Gasteiger partial charge in [-0.25, -0.2) is 8.42 Å². The molecule has 2 aliphatic heterocycles. The van der Waals surface area contributed by atoms with Crippen molar-refractivity contribution in [3.8, 4) is 0 Å². The van der Waals surface area contributed by atoms with Crippen LogP contribution in [0.3, 0.4) is 0 Å². The number of hydrogen-bond acceptors (Lipinski definition) is 4. The lowest BCUT2D eigenvalue weighted by atomic mass is 9.97. The molecule has 0 saturated carbocycles. The van der Waals surface area contributed by atoms with Gasteiger partial charge in [0.25, 0.3) is 0 Å². The molecule has 0 bridgehead atoms. The Balaban J connectivity index is 1.47. The van der Waals surface area contributed by atoms with Crippen LogP contribution in [0.4, 0.5) is 0 Å². The van der Waals surface area contributed by atoms with Gasteiger partial charge in [0.15, 0.2) is 0 Å². The number of sulfonamides is 1. The van der Waals surface area contributed by atoms with Gasteiger partial charge >= 0.3 is 0 Å². The molecule has 0 radical (unpaired) electrons. The minimum absolute atomic E-state index is 0.00656. The van der Waals surface area contributed by atoms with E-state index in [2.05, 4.69) is 0 Å². The van der Waals surface area contributed by atoms with E-state index in [0.717, 1.165) is 5.56 Å². The Bertz CT molecular complexity index is 1010. The smallest absolute Gasteiger partial charge is 0.243 e. The molecular formula is C23H27ClN2O4S. The highest BCUT2D eigenvalue weighted by molar-refractivity contribution is 7.89. The van der Waals surface area contributed by atoms with Crippen LogP contribution in [0.5, 0.6) is 0 Å². The number of nitrogens with zero attached hydrogens (tertiary/aromatic N) is 2. The number of ether oxygens (including phenoxy) is 1. The first-order chi connectivity index (χ1) is 14.8. The van der Waals surface area contributed by atoms with Crippen molar-refractivity contribution in [2.24, 2.45) is 5.92 Å². The predicted molar refractivity (Wildman–Crippen MR) is 119 cm³/mol. The maximum absolute atomic E-state index is 13.4.